The first-order chi connectivity index (χ1) is 16.1. The van der Waals surface area contributed by atoms with Gasteiger partial charge in [-0.2, -0.15) is 13.2 Å². The van der Waals surface area contributed by atoms with Gasteiger partial charge in [0.15, 0.2) is 0 Å². The molecule has 1 aromatic carbocycles. The van der Waals surface area contributed by atoms with E-state index in [0.29, 0.717) is 22.6 Å². The van der Waals surface area contributed by atoms with Crippen molar-refractivity contribution < 1.29 is 18.0 Å². The average molecular weight is 469 g/mol. The molecule has 0 radical (unpaired) electrons. The summed E-state index contributed by atoms with van der Waals surface area (Å²) in [5.41, 5.74) is 7.50. The number of imidazole rings is 1. The van der Waals surface area contributed by atoms with Gasteiger partial charge in [-0.3, -0.25) is 14.1 Å². The molecule has 3 aromatic heterocycles. The van der Waals surface area contributed by atoms with Gasteiger partial charge in [0.2, 0.25) is 0 Å². The lowest BCUT2D eigenvalue weighted by Crippen LogP contribution is -2.27. The first-order valence-electron chi connectivity index (χ1n) is 10.3. The average Bonchev–Trinajstić information content (AvgIpc) is 3.23. The summed E-state index contributed by atoms with van der Waals surface area (Å²) in [6.45, 7) is 1.97. The zero-order valence-corrected chi connectivity index (χ0v) is 18.6. The number of nitrogens with zero attached hydrogens (tertiary/aromatic N) is 5. The first kappa shape index (κ1) is 23.2. The number of alkyl halides is 3. The second-order valence-electron chi connectivity index (χ2n) is 7.70. The highest BCUT2D eigenvalue weighted by atomic mass is 19.4. The van der Waals surface area contributed by atoms with Crippen LogP contribution in [0.15, 0.2) is 55.0 Å². The standard InChI is InChI=1S/C23H22F3N7O/c1-13(28-2)21-31-18(19-20(27)30-10-11-33(19)21)14-4-6-15(7-5-14)22(34)32(3)17-12-16(8-9-29-17)23(24,25)26/h4-13,28H,1-3H3,(H2,27,30)/t13-/m0/s1. The van der Waals surface area contributed by atoms with Gasteiger partial charge in [0.1, 0.15) is 28.7 Å². The molecule has 1 atom stereocenters. The van der Waals surface area contributed by atoms with Crippen LogP contribution in [-0.4, -0.2) is 39.4 Å². The number of rotatable bonds is 5. The molecule has 0 bridgehead atoms. The maximum absolute atomic E-state index is 13.0. The van der Waals surface area contributed by atoms with Crippen molar-refractivity contribution in [1.82, 2.24) is 24.7 Å². The second-order valence-corrected chi connectivity index (χ2v) is 7.70. The number of nitrogens with one attached hydrogen (secondary N) is 1. The summed E-state index contributed by atoms with van der Waals surface area (Å²) in [5.74, 6) is 0.458. The maximum atomic E-state index is 13.0. The van der Waals surface area contributed by atoms with Crippen molar-refractivity contribution in [2.24, 2.45) is 0 Å². The van der Waals surface area contributed by atoms with Gasteiger partial charge in [-0.25, -0.2) is 15.0 Å². The first-order valence-corrected chi connectivity index (χ1v) is 10.3. The van der Waals surface area contributed by atoms with Crippen molar-refractivity contribution in [1.29, 1.82) is 0 Å². The van der Waals surface area contributed by atoms with E-state index in [4.69, 9.17) is 10.7 Å². The number of carbonyl (C=O) groups is 1. The molecule has 0 fully saturated rings. The normalized spacial score (nSPS) is 12.6. The van der Waals surface area contributed by atoms with E-state index in [9.17, 15) is 18.0 Å². The molecule has 0 aliphatic rings. The molecular weight excluding hydrogens is 447 g/mol. The summed E-state index contributed by atoms with van der Waals surface area (Å²) < 4.78 is 40.9. The minimum atomic E-state index is -4.53. The Balaban J connectivity index is 1.67. The minimum absolute atomic E-state index is 0.0579. The van der Waals surface area contributed by atoms with Gasteiger partial charge in [0.25, 0.3) is 5.91 Å². The zero-order valence-electron chi connectivity index (χ0n) is 18.6. The number of anilines is 2. The van der Waals surface area contributed by atoms with Crippen LogP contribution in [0.3, 0.4) is 0 Å². The summed E-state index contributed by atoms with van der Waals surface area (Å²) in [5, 5.41) is 3.15. The lowest BCUT2D eigenvalue weighted by molar-refractivity contribution is -0.137. The lowest BCUT2D eigenvalue weighted by atomic mass is 10.1. The van der Waals surface area contributed by atoms with Gasteiger partial charge in [-0.15, -0.1) is 0 Å². The molecule has 0 saturated carbocycles. The molecule has 1 amide bonds. The molecule has 3 heterocycles. The molecule has 34 heavy (non-hydrogen) atoms. The van der Waals surface area contributed by atoms with Crippen molar-refractivity contribution in [2.45, 2.75) is 19.1 Å². The van der Waals surface area contributed by atoms with E-state index in [1.165, 1.54) is 7.05 Å². The number of nitrogens with two attached hydrogens (primary N) is 1. The third-order valence-electron chi connectivity index (χ3n) is 5.56. The van der Waals surface area contributed by atoms with E-state index < -0.39 is 17.6 Å². The molecule has 176 valence electrons. The van der Waals surface area contributed by atoms with Crippen molar-refractivity contribution in [3.8, 4) is 11.3 Å². The van der Waals surface area contributed by atoms with Gasteiger partial charge in [0.05, 0.1) is 11.6 Å². The molecule has 4 aromatic rings. The Morgan fingerprint density at radius 1 is 1.15 bits per heavy atom. The second kappa shape index (κ2) is 8.75. The smallest absolute Gasteiger partial charge is 0.382 e. The van der Waals surface area contributed by atoms with Crippen LogP contribution in [0.25, 0.3) is 16.8 Å². The fourth-order valence-corrected chi connectivity index (χ4v) is 3.57. The van der Waals surface area contributed by atoms with Crippen LogP contribution < -0.4 is 16.0 Å². The van der Waals surface area contributed by atoms with Crippen LogP contribution in [0.1, 0.15) is 34.7 Å². The molecule has 0 aliphatic heterocycles. The van der Waals surface area contributed by atoms with E-state index in [-0.39, 0.29) is 17.4 Å². The Morgan fingerprint density at radius 3 is 2.50 bits per heavy atom. The van der Waals surface area contributed by atoms with Gasteiger partial charge < -0.3 is 11.1 Å². The Morgan fingerprint density at radius 2 is 1.85 bits per heavy atom. The van der Waals surface area contributed by atoms with Crippen LogP contribution in [0.4, 0.5) is 24.8 Å². The highest BCUT2D eigenvalue weighted by molar-refractivity contribution is 6.05. The van der Waals surface area contributed by atoms with Gasteiger partial charge in [-0.1, -0.05) is 12.1 Å². The number of carbonyl (C=O) groups excluding carboxylic acids is 1. The van der Waals surface area contributed by atoms with Gasteiger partial charge in [0, 0.05) is 36.8 Å². The molecule has 4 rings (SSSR count). The number of hydrogen-bond donors (Lipinski definition) is 2. The maximum Gasteiger partial charge on any atom is 0.416 e. The van der Waals surface area contributed by atoms with E-state index in [1.807, 2.05) is 18.4 Å². The third kappa shape index (κ3) is 4.17. The van der Waals surface area contributed by atoms with Crippen molar-refractivity contribution >= 4 is 23.1 Å². The Bertz CT molecular complexity index is 1350. The van der Waals surface area contributed by atoms with Crippen LogP contribution in [-0.2, 0) is 6.18 Å². The minimum Gasteiger partial charge on any atom is -0.382 e. The Labute approximate surface area is 193 Å². The predicted molar refractivity (Wildman–Crippen MR) is 122 cm³/mol. The molecule has 11 heteroatoms. The Hall–Kier alpha value is -3.99. The third-order valence-corrected chi connectivity index (χ3v) is 5.56. The van der Waals surface area contributed by atoms with Crippen molar-refractivity contribution in [3.05, 3.63) is 71.9 Å². The number of benzene rings is 1. The van der Waals surface area contributed by atoms with E-state index >= 15 is 0 Å². The largest absolute Gasteiger partial charge is 0.416 e. The van der Waals surface area contributed by atoms with E-state index in [2.05, 4.69) is 15.3 Å². The molecule has 3 N–H and O–H groups in total. The number of aromatic nitrogens is 4. The number of pyridine rings is 1. The number of hydrogen-bond acceptors (Lipinski definition) is 6. The predicted octanol–water partition coefficient (Wildman–Crippen LogP) is 3.95. The van der Waals surface area contributed by atoms with Crippen LogP contribution in [0, 0.1) is 0 Å². The zero-order chi connectivity index (χ0) is 24.6. The summed E-state index contributed by atoms with van der Waals surface area (Å²) in [4.78, 5) is 26.8. The fraction of sp³-hybridized carbons (Fsp3) is 0.217. The van der Waals surface area contributed by atoms with Crippen LogP contribution in [0.5, 0.6) is 0 Å². The number of amides is 1. The Kier molecular flexibility index (Phi) is 5.96. The summed E-state index contributed by atoms with van der Waals surface area (Å²) >= 11 is 0. The summed E-state index contributed by atoms with van der Waals surface area (Å²) in [6.07, 6.45) is -0.132. The van der Waals surface area contributed by atoms with Crippen LogP contribution in [0.2, 0.25) is 0 Å². The van der Waals surface area contributed by atoms with Gasteiger partial charge in [-0.05, 0) is 38.2 Å². The monoisotopic (exact) mass is 469 g/mol. The van der Waals surface area contributed by atoms with Gasteiger partial charge >= 0.3 is 6.18 Å². The molecule has 0 saturated heterocycles. The van der Waals surface area contributed by atoms with Crippen LogP contribution >= 0.6 is 0 Å². The molecular formula is C23H22F3N7O. The summed E-state index contributed by atoms with van der Waals surface area (Å²) in [6, 6.07) is 8.23. The SMILES string of the molecule is CN[C@@H](C)c1nc(-c2ccc(C(=O)N(C)c3cc(C(F)(F)F)ccn3)cc2)c2c(N)nccn12. The summed E-state index contributed by atoms with van der Waals surface area (Å²) in [7, 11) is 3.20. The molecule has 0 aliphatic carbocycles. The quantitative estimate of drug-likeness (QED) is 0.459. The molecule has 0 spiro atoms. The lowest BCUT2D eigenvalue weighted by Gasteiger charge is -2.18. The molecule has 8 nitrogen and oxygen atoms in total. The molecule has 0 unspecified atom stereocenters. The number of fused-ring (bicyclic) bond motifs is 1. The van der Waals surface area contributed by atoms with Crippen molar-refractivity contribution in [2.75, 3.05) is 24.7 Å². The van der Waals surface area contributed by atoms with E-state index in [0.717, 1.165) is 29.1 Å². The fourth-order valence-electron chi connectivity index (χ4n) is 3.57. The highest BCUT2D eigenvalue weighted by Crippen LogP contribution is 2.32. The number of halogens is 3. The number of nitrogen functional groups attached to an aromatic ring is 1. The van der Waals surface area contributed by atoms with E-state index in [1.54, 1.807) is 36.7 Å². The highest BCUT2D eigenvalue weighted by Gasteiger charge is 2.31. The van der Waals surface area contributed by atoms with Crippen molar-refractivity contribution in [3.63, 3.8) is 0 Å². The topological polar surface area (TPSA) is 101 Å².